The van der Waals surface area contributed by atoms with Crippen molar-refractivity contribution < 1.29 is 9.53 Å². The summed E-state index contributed by atoms with van der Waals surface area (Å²) in [5, 5.41) is 14.2. The number of hydrogen-bond donors (Lipinski definition) is 2. The zero-order valence-electron chi connectivity index (χ0n) is 11.9. The first-order valence-corrected chi connectivity index (χ1v) is 7.95. The molecule has 2 N–H and O–H groups in total. The van der Waals surface area contributed by atoms with E-state index in [1.165, 1.54) is 23.1 Å². The third-order valence-electron chi connectivity index (χ3n) is 2.60. The maximum atomic E-state index is 12.2. The van der Waals surface area contributed by atoms with E-state index in [0.717, 1.165) is 9.47 Å². The van der Waals surface area contributed by atoms with Crippen molar-refractivity contribution in [1.82, 2.24) is 10.2 Å². The van der Waals surface area contributed by atoms with Crippen molar-refractivity contribution in [2.24, 2.45) is 0 Å². The Labute approximate surface area is 131 Å². The molecule has 1 amide bonds. The molecule has 6 nitrogen and oxygen atoms in total. The molecule has 2 rings (SSSR count). The van der Waals surface area contributed by atoms with Gasteiger partial charge in [-0.1, -0.05) is 29.2 Å². The van der Waals surface area contributed by atoms with E-state index in [4.69, 9.17) is 4.74 Å². The first kappa shape index (κ1) is 15.6. The molecule has 0 saturated carbocycles. The lowest BCUT2D eigenvalue weighted by Gasteiger charge is -2.11. The average molecular weight is 324 g/mol. The van der Waals surface area contributed by atoms with Gasteiger partial charge >= 0.3 is 0 Å². The van der Waals surface area contributed by atoms with E-state index in [2.05, 4.69) is 20.8 Å². The highest BCUT2D eigenvalue weighted by atomic mass is 32.2. The molecule has 0 aliphatic carbocycles. The van der Waals surface area contributed by atoms with E-state index in [1.807, 2.05) is 25.1 Å². The van der Waals surface area contributed by atoms with Crippen LogP contribution in [0.4, 0.5) is 10.8 Å². The zero-order valence-corrected chi connectivity index (χ0v) is 13.5. The summed E-state index contributed by atoms with van der Waals surface area (Å²) in [4.78, 5) is 12.2. The van der Waals surface area contributed by atoms with E-state index in [9.17, 15) is 4.79 Å². The molecule has 0 saturated heterocycles. The Balaban J connectivity index is 1.95. The molecule has 8 heteroatoms. The van der Waals surface area contributed by atoms with Crippen molar-refractivity contribution in [2.75, 3.05) is 24.8 Å². The number of carbonyl (C=O) groups is 1. The van der Waals surface area contributed by atoms with Gasteiger partial charge in [-0.2, -0.15) is 0 Å². The maximum absolute atomic E-state index is 12.2. The molecule has 0 aliphatic heterocycles. The van der Waals surface area contributed by atoms with Crippen LogP contribution in [0.25, 0.3) is 0 Å². The number of aromatic nitrogens is 2. The predicted octanol–water partition coefficient (Wildman–Crippen LogP) is 2.71. The van der Waals surface area contributed by atoms with Gasteiger partial charge in [0.15, 0.2) is 4.34 Å². The van der Waals surface area contributed by atoms with Crippen LogP contribution in [0.5, 0.6) is 5.75 Å². The minimum atomic E-state index is -0.270. The Morgan fingerprint density at radius 1 is 1.43 bits per heavy atom. The van der Waals surface area contributed by atoms with E-state index >= 15 is 0 Å². The molecule has 0 fully saturated rings. The first-order chi connectivity index (χ1) is 10.1. The number of rotatable bonds is 6. The number of anilines is 2. The standard InChI is InChI=1S/C13H16N4O2S2/c1-8(20-13-17-16-12(14-2)21-13)11(18)15-9-5-4-6-10(7-9)19-3/h4-8H,1-3H3,(H,14,16)(H,15,18)/t8-/m1/s1. The summed E-state index contributed by atoms with van der Waals surface area (Å²) >= 11 is 2.80. The van der Waals surface area contributed by atoms with Gasteiger partial charge in [0.2, 0.25) is 11.0 Å². The SMILES string of the molecule is CNc1nnc(S[C@H](C)C(=O)Nc2cccc(OC)c2)s1. The van der Waals surface area contributed by atoms with Crippen molar-refractivity contribution in [1.29, 1.82) is 0 Å². The van der Waals surface area contributed by atoms with E-state index in [1.54, 1.807) is 20.2 Å². The molecule has 0 spiro atoms. The predicted molar refractivity (Wildman–Crippen MR) is 86.4 cm³/mol. The van der Waals surface area contributed by atoms with Crippen molar-refractivity contribution in [3.63, 3.8) is 0 Å². The smallest absolute Gasteiger partial charge is 0.237 e. The number of amides is 1. The van der Waals surface area contributed by atoms with Crippen LogP contribution in [0.15, 0.2) is 28.6 Å². The lowest BCUT2D eigenvalue weighted by molar-refractivity contribution is -0.115. The summed E-state index contributed by atoms with van der Waals surface area (Å²) in [7, 11) is 3.38. The minimum absolute atomic E-state index is 0.0885. The van der Waals surface area contributed by atoms with Gasteiger partial charge in [-0.3, -0.25) is 4.79 Å². The summed E-state index contributed by atoms with van der Waals surface area (Å²) in [5.41, 5.74) is 0.708. The second kappa shape index (κ2) is 7.28. The lowest BCUT2D eigenvalue weighted by atomic mass is 10.3. The van der Waals surface area contributed by atoms with Crippen LogP contribution in [-0.4, -0.2) is 35.5 Å². The van der Waals surface area contributed by atoms with Gasteiger partial charge in [0.25, 0.3) is 0 Å². The second-order valence-corrected chi connectivity index (χ2v) is 6.67. The quantitative estimate of drug-likeness (QED) is 0.796. The fourth-order valence-corrected chi connectivity index (χ4v) is 3.36. The number of nitrogens with one attached hydrogen (secondary N) is 2. The number of benzene rings is 1. The summed E-state index contributed by atoms with van der Waals surface area (Å²) in [6.07, 6.45) is 0. The van der Waals surface area contributed by atoms with Gasteiger partial charge in [0.05, 0.1) is 12.4 Å². The summed E-state index contributed by atoms with van der Waals surface area (Å²) in [6.45, 7) is 1.83. The Kier molecular flexibility index (Phi) is 5.40. The molecule has 21 heavy (non-hydrogen) atoms. The Morgan fingerprint density at radius 2 is 2.24 bits per heavy atom. The highest BCUT2D eigenvalue weighted by Gasteiger charge is 2.17. The first-order valence-electron chi connectivity index (χ1n) is 6.25. The molecule has 0 aliphatic rings. The van der Waals surface area contributed by atoms with Crippen molar-refractivity contribution in [3.05, 3.63) is 24.3 Å². The Morgan fingerprint density at radius 3 is 2.90 bits per heavy atom. The summed E-state index contributed by atoms with van der Waals surface area (Å²) < 4.78 is 5.88. The van der Waals surface area contributed by atoms with Crippen LogP contribution in [0.2, 0.25) is 0 Å². The molecular formula is C13H16N4O2S2. The monoisotopic (exact) mass is 324 g/mol. The van der Waals surface area contributed by atoms with Crippen molar-refractivity contribution in [3.8, 4) is 5.75 Å². The molecule has 1 aromatic heterocycles. The molecular weight excluding hydrogens is 308 g/mol. The Hall–Kier alpha value is -1.80. The van der Waals surface area contributed by atoms with Crippen LogP contribution in [0.3, 0.4) is 0 Å². The van der Waals surface area contributed by atoms with Crippen LogP contribution in [-0.2, 0) is 4.79 Å². The number of ether oxygens (including phenoxy) is 1. The molecule has 0 unspecified atom stereocenters. The van der Waals surface area contributed by atoms with Crippen molar-refractivity contribution in [2.45, 2.75) is 16.5 Å². The number of thioether (sulfide) groups is 1. The lowest BCUT2D eigenvalue weighted by Crippen LogP contribution is -2.22. The van der Waals surface area contributed by atoms with Crippen LogP contribution in [0, 0.1) is 0 Å². The van der Waals surface area contributed by atoms with Gasteiger partial charge in [0.1, 0.15) is 5.75 Å². The van der Waals surface area contributed by atoms with Gasteiger partial charge in [-0.25, -0.2) is 0 Å². The third-order valence-corrected chi connectivity index (χ3v) is 4.73. The zero-order chi connectivity index (χ0) is 15.2. The molecule has 0 radical (unpaired) electrons. The largest absolute Gasteiger partial charge is 0.497 e. The number of carbonyl (C=O) groups excluding carboxylic acids is 1. The van der Waals surface area contributed by atoms with E-state index < -0.39 is 0 Å². The van der Waals surface area contributed by atoms with Gasteiger partial charge in [0, 0.05) is 18.8 Å². The topological polar surface area (TPSA) is 76.1 Å². The number of hydrogen-bond acceptors (Lipinski definition) is 7. The minimum Gasteiger partial charge on any atom is -0.497 e. The molecule has 2 aromatic rings. The fourth-order valence-electron chi connectivity index (χ4n) is 1.51. The second-order valence-electron chi connectivity index (χ2n) is 4.10. The normalized spacial score (nSPS) is 11.8. The number of methoxy groups -OCH3 is 1. The molecule has 1 aromatic carbocycles. The summed E-state index contributed by atoms with van der Waals surface area (Å²) in [5.74, 6) is 0.616. The maximum Gasteiger partial charge on any atom is 0.237 e. The van der Waals surface area contributed by atoms with E-state index in [0.29, 0.717) is 11.4 Å². The van der Waals surface area contributed by atoms with Crippen LogP contribution < -0.4 is 15.4 Å². The molecule has 0 bridgehead atoms. The van der Waals surface area contributed by atoms with Crippen LogP contribution in [0.1, 0.15) is 6.92 Å². The van der Waals surface area contributed by atoms with Gasteiger partial charge in [-0.05, 0) is 19.1 Å². The molecule has 112 valence electrons. The van der Waals surface area contributed by atoms with Crippen molar-refractivity contribution >= 4 is 39.8 Å². The third kappa shape index (κ3) is 4.33. The van der Waals surface area contributed by atoms with E-state index in [-0.39, 0.29) is 11.2 Å². The van der Waals surface area contributed by atoms with Crippen LogP contribution >= 0.6 is 23.1 Å². The number of nitrogens with zero attached hydrogens (tertiary/aromatic N) is 2. The van der Waals surface area contributed by atoms with Gasteiger partial charge < -0.3 is 15.4 Å². The Bertz CT molecular complexity index is 618. The van der Waals surface area contributed by atoms with Gasteiger partial charge in [-0.15, -0.1) is 10.2 Å². The molecule has 1 atom stereocenters. The highest BCUT2D eigenvalue weighted by molar-refractivity contribution is 8.02. The fraction of sp³-hybridized carbons (Fsp3) is 0.308. The summed E-state index contributed by atoms with van der Waals surface area (Å²) in [6, 6.07) is 7.26. The average Bonchev–Trinajstić information content (AvgIpc) is 2.95. The molecule has 1 heterocycles. The highest BCUT2D eigenvalue weighted by Crippen LogP contribution is 2.29.